The second kappa shape index (κ2) is 4.75. The third-order valence-corrected chi connectivity index (χ3v) is 2.84. The summed E-state index contributed by atoms with van der Waals surface area (Å²) < 4.78 is 5.79. The number of carbonyl (C=O) groups is 1. The summed E-state index contributed by atoms with van der Waals surface area (Å²) >= 11 is 0. The molecular weight excluding hydrogens is 164 g/mol. The first kappa shape index (κ1) is 10.7. The van der Waals surface area contributed by atoms with Crippen LogP contribution < -0.4 is 0 Å². The molecule has 1 aliphatic carbocycles. The van der Waals surface area contributed by atoms with Crippen molar-refractivity contribution in [2.75, 3.05) is 6.61 Å². The molecule has 2 heteroatoms. The first-order valence-electron chi connectivity index (χ1n) is 5.25. The number of rotatable bonds is 4. The van der Waals surface area contributed by atoms with Crippen LogP contribution in [0.4, 0.5) is 0 Å². The van der Waals surface area contributed by atoms with Crippen LogP contribution >= 0.6 is 0 Å². The van der Waals surface area contributed by atoms with E-state index in [9.17, 15) is 4.79 Å². The Balaban J connectivity index is 2.28. The maximum atomic E-state index is 10.4. The van der Waals surface area contributed by atoms with Gasteiger partial charge in [0, 0.05) is 5.92 Å². The van der Waals surface area contributed by atoms with Gasteiger partial charge in [0.25, 0.3) is 0 Å². The molecule has 0 aliphatic heterocycles. The summed E-state index contributed by atoms with van der Waals surface area (Å²) in [6.45, 7) is 4.66. The summed E-state index contributed by atoms with van der Waals surface area (Å²) in [5.74, 6) is 0.0405. The summed E-state index contributed by atoms with van der Waals surface area (Å²) in [4.78, 5) is 10.4. The maximum Gasteiger partial charge on any atom is 0.125 e. The monoisotopic (exact) mass is 184 g/mol. The van der Waals surface area contributed by atoms with E-state index in [1.165, 1.54) is 19.3 Å². The summed E-state index contributed by atoms with van der Waals surface area (Å²) in [6, 6.07) is 0. The maximum absolute atomic E-state index is 10.4. The Hall–Kier alpha value is -0.370. The predicted molar refractivity (Wildman–Crippen MR) is 52.7 cm³/mol. The molecular formula is C11H20O2. The highest BCUT2D eigenvalue weighted by molar-refractivity contribution is 5.52. The minimum absolute atomic E-state index is 0.0405. The molecule has 0 N–H and O–H groups in total. The molecule has 1 aliphatic rings. The van der Waals surface area contributed by atoms with Crippen LogP contribution in [0.3, 0.4) is 0 Å². The van der Waals surface area contributed by atoms with Crippen LogP contribution in [0.5, 0.6) is 0 Å². The summed E-state index contributed by atoms with van der Waals surface area (Å²) in [5, 5.41) is 0. The van der Waals surface area contributed by atoms with Gasteiger partial charge in [0.1, 0.15) is 6.29 Å². The van der Waals surface area contributed by atoms with E-state index in [-0.39, 0.29) is 11.5 Å². The second-order valence-corrected chi connectivity index (χ2v) is 4.43. The average Bonchev–Trinajstić information content (AvgIpc) is 2.15. The lowest BCUT2D eigenvalue weighted by Crippen LogP contribution is -2.33. The molecule has 0 heterocycles. The van der Waals surface area contributed by atoms with Crippen molar-refractivity contribution in [3.05, 3.63) is 0 Å². The SMILES string of the molecule is CC(C=O)COC1(C)CCCCC1. The Bertz CT molecular complexity index is 159. The van der Waals surface area contributed by atoms with Gasteiger partial charge in [0.15, 0.2) is 0 Å². The van der Waals surface area contributed by atoms with Crippen LogP contribution in [-0.4, -0.2) is 18.5 Å². The summed E-state index contributed by atoms with van der Waals surface area (Å²) in [6.07, 6.45) is 7.14. The molecule has 76 valence electrons. The van der Waals surface area contributed by atoms with E-state index < -0.39 is 0 Å². The number of ether oxygens (including phenoxy) is 1. The lowest BCUT2D eigenvalue weighted by atomic mass is 9.86. The van der Waals surface area contributed by atoms with Gasteiger partial charge in [-0.25, -0.2) is 0 Å². The van der Waals surface area contributed by atoms with Crippen molar-refractivity contribution >= 4 is 6.29 Å². The molecule has 0 aromatic rings. The molecule has 13 heavy (non-hydrogen) atoms. The van der Waals surface area contributed by atoms with Gasteiger partial charge >= 0.3 is 0 Å². The summed E-state index contributed by atoms with van der Waals surface area (Å²) in [7, 11) is 0. The van der Waals surface area contributed by atoms with Gasteiger partial charge < -0.3 is 9.53 Å². The lowest BCUT2D eigenvalue weighted by molar-refractivity contribution is -0.116. The van der Waals surface area contributed by atoms with Crippen molar-refractivity contribution < 1.29 is 9.53 Å². The van der Waals surface area contributed by atoms with Gasteiger partial charge in [-0.2, -0.15) is 0 Å². The number of aldehydes is 1. The standard InChI is InChI=1S/C11H20O2/c1-10(8-12)9-13-11(2)6-4-3-5-7-11/h8,10H,3-7,9H2,1-2H3. The average molecular weight is 184 g/mol. The topological polar surface area (TPSA) is 26.3 Å². The fourth-order valence-electron chi connectivity index (χ4n) is 1.82. The van der Waals surface area contributed by atoms with Gasteiger partial charge in [-0.1, -0.05) is 26.2 Å². The lowest BCUT2D eigenvalue weighted by Gasteiger charge is -2.34. The summed E-state index contributed by atoms with van der Waals surface area (Å²) in [5.41, 5.74) is 0.0511. The van der Waals surface area contributed by atoms with E-state index in [0.717, 1.165) is 19.1 Å². The second-order valence-electron chi connectivity index (χ2n) is 4.43. The Morgan fingerprint density at radius 3 is 2.54 bits per heavy atom. The highest BCUT2D eigenvalue weighted by Gasteiger charge is 2.27. The van der Waals surface area contributed by atoms with Gasteiger partial charge in [0.2, 0.25) is 0 Å². The Kier molecular flexibility index (Phi) is 3.91. The van der Waals surface area contributed by atoms with Gasteiger partial charge in [-0.3, -0.25) is 0 Å². The van der Waals surface area contributed by atoms with Crippen LogP contribution in [-0.2, 0) is 9.53 Å². The molecule has 0 saturated heterocycles. The predicted octanol–water partition coefficient (Wildman–Crippen LogP) is 2.56. The first-order chi connectivity index (χ1) is 6.16. The molecule has 1 rings (SSSR count). The number of hydrogen-bond acceptors (Lipinski definition) is 2. The Morgan fingerprint density at radius 1 is 1.38 bits per heavy atom. The normalized spacial score (nSPS) is 23.8. The van der Waals surface area contributed by atoms with Crippen LogP contribution in [0, 0.1) is 5.92 Å². The van der Waals surface area contributed by atoms with Crippen molar-refractivity contribution in [2.24, 2.45) is 5.92 Å². The van der Waals surface area contributed by atoms with Gasteiger partial charge in [0.05, 0.1) is 12.2 Å². The molecule has 0 spiro atoms. The molecule has 0 aromatic heterocycles. The first-order valence-corrected chi connectivity index (χ1v) is 5.25. The largest absolute Gasteiger partial charge is 0.375 e. The van der Waals surface area contributed by atoms with E-state index in [0.29, 0.717) is 6.61 Å². The van der Waals surface area contributed by atoms with E-state index in [1.54, 1.807) is 0 Å². The third-order valence-electron chi connectivity index (χ3n) is 2.84. The van der Waals surface area contributed by atoms with Crippen LogP contribution in [0.1, 0.15) is 46.0 Å². The van der Waals surface area contributed by atoms with Crippen molar-refractivity contribution in [1.29, 1.82) is 0 Å². The zero-order chi connectivity index (χ0) is 9.73. The minimum Gasteiger partial charge on any atom is -0.375 e. The number of carbonyl (C=O) groups excluding carboxylic acids is 1. The van der Waals surface area contributed by atoms with E-state index in [4.69, 9.17) is 4.74 Å². The highest BCUT2D eigenvalue weighted by atomic mass is 16.5. The molecule has 1 atom stereocenters. The van der Waals surface area contributed by atoms with Crippen LogP contribution in [0.25, 0.3) is 0 Å². The fourth-order valence-corrected chi connectivity index (χ4v) is 1.82. The van der Waals surface area contributed by atoms with Crippen molar-refractivity contribution in [3.8, 4) is 0 Å². The number of hydrogen-bond donors (Lipinski definition) is 0. The van der Waals surface area contributed by atoms with Gasteiger partial charge in [-0.15, -0.1) is 0 Å². The molecule has 1 saturated carbocycles. The molecule has 1 fully saturated rings. The van der Waals surface area contributed by atoms with Gasteiger partial charge in [-0.05, 0) is 19.8 Å². The minimum atomic E-state index is 0.0405. The van der Waals surface area contributed by atoms with E-state index >= 15 is 0 Å². The molecule has 0 bridgehead atoms. The molecule has 0 amide bonds. The highest BCUT2D eigenvalue weighted by Crippen LogP contribution is 2.31. The molecule has 0 aromatic carbocycles. The van der Waals surface area contributed by atoms with Crippen molar-refractivity contribution in [3.63, 3.8) is 0 Å². The van der Waals surface area contributed by atoms with Crippen LogP contribution in [0.2, 0.25) is 0 Å². The van der Waals surface area contributed by atoms with Crippen molar-refractivity contribution in [1.82, 2.24) is 0 Å². The zero-order valence-electron chi connectivity index (χ0n) is 8.71. The van der Waals surface area contributed by atoms with E-state index in [2.05, 4.69) is 6.92 Å². The third kappa shape index (κ3) is 3.47. The van der Waals surface area contributed by atoms with Crippen molar-refractivity contribution in [2.45, 2.75) is 51.6 Å². The molecule has 2 nitrogen and oxygen atoms in total. The zero-order valence-corrected chi connectivity index (χ0v) is 8.71. The van der Waals surface area contributed by atoms with E-state index in [1.807, 2.05) is 6.92 Å². The Morgan fingerprint density at radius 2 is 2.00 bits per heavy atom. The quantitative estimate of drug-likeness (QED) is 0.628. The fraction of sp³-hybridized carbons (Fsp3) is 0.909. The molecule has 1 unspecified atom stereocenters. The molecule has 0 radical (unpaired) electrons. The Labute approximate surface area is 80.7 Å². The van der Waals surface area contributed by atoms with Crippen LogP contribution in [0.15, 0.2) is 0 Å². The smallest absolute Gasteiger partial charge is 0.125 e.